The van der Waals surface area contributed by atoms with Crippen molar-refractivity contribution < 1.29 is 67.4 Å². The van der Waals surface area contributed by atoms with Crippen LogP contribution in [-0.4, -0.2) is 157 Å². The van der Waals surface area contributed by atoms with E-state index in [1.54, 1.807) is 55.4 Å². The molecule has 0 aromatic rings. The summed E-state index contributed by atoms with van der Waals surface area (Å²) >= 11 is 0. The Bertz CT molecular complexity index is 2030. The van der Waals surface area contributed by atoms with E-state index in [0.29, 0.717) is 6.42 Å². The van der Waals surface area contributed by atoms with Gasteiger partial charge in [-0.25, -0.2) is 4.79 Å². The number of hydrogen-bond donors (Lipinski definition) is 14. The maximum absolute atomic E-state index is 13.7. The van der Waals surface area contributed by atoms with Gasteiger partial charge in [-0.15, -0.1) is 0 Å². The molecule has 0 saturated carbocycles. The second kappa shape index (κ2) is 36.2. The molecule has 0 aromatic heterocycles. The van der Waals surface area contributed by atoms with Crippen molar-refractivity contribution in [1.29, 1.82) is 0 Å². The summed E-state index contributed by atoms with van der Waals surface area (Å²) in [6.07, 6.45) is 0.108. The summed E-state index contributed by atoms with van der Waals surface area (Å²) in [4.78, 5) is 167. The minimum absolute atomic E-state index is 0.0388. The van der Waals surface area contributed by atoms with Crippen LogP contribution in [0.3, 0.4) is 0 Å². The third kappa shape index (κ3) is 31.7. The molecule has 0 aromatic carbocycles. The maximum atomic E-state index is 13.7. The van der Waals surface area contributed by atoms with Gasteiger partial charge >= 0.3 is 5.97 Å². The molecule has 0 spiro atoms. The zero-order chi connectivity index (χ0) is 59.3. The quantitative estimate of drug-likeness (QED) is 0.0296. The summed E-state index contributed by atoms with van der Waals surface area (Å²) in [5.74, 6) is -11.3. The van der Waals surface area contributed by atoms with Crippen LogP contribution >= 0.6 is 0 Å². The molecule has 0 aliphatic carbocycles. The molecule has 0 aliphatic rings. The van der Waals surface area contributed by atoms with Gasteiger partial charge in [-0.1, -0.05) is 83.1 Å². The van der Waals surface area contributed by atoms with Crippen LogP contribution in [0.5, 0.6) is 0 Å². The van der Waals surface area contributed by atoms with Gasteiger partial charge < -0.3 is 75.1 Å². The van der Waals surface area contributed by atoms with Crippen LogP contribution in [0.4, 0.5) is 0 Å². The van der Waals surface area contributed by atoms with Crippen LogP contribution in [0.25, 0.3) is 0 Å². The maximum Gasteiger partial charge on any atom is 0.326 e. The van der Waals surface area contributed by atoms with Gasteiger partial charge in [0.2, 0.25) is 70.9 Å². The molecule has 27 nitrogen and oxygen atoms in total. The average molecular weight is 1100 g/mol. The van der Waals surface area contributed by atoms with Gasteiger partial charge in [0, 0.05) is 0 Å². The summed E-state index contributed by atoms with van der Waals surface area (Å²) in [6.45, 7) is 18.8. The number of rotatable bonds is 37. The van der Waals surface area contributed by atoms with E-state index in [1.165, 1.54) is 0 Å². The summed E-state index contributed by atoms with van der Waals surface area (Å²) in [5.41, 5.74) is 10.8. The fourth-order valence-electron chi connectivity index (χ4n) is 7.50. The van der Waals surface area contributed by atoms with E-state index in [9.17, 15) is 67.4 Å². The van der Waals surface area contributed by atoms with Gasteiger partial charge in [0.25, 0.3) is 0 Å². The predicted octanol–water partition coefficient (Wildman–Crippen LogP) is -2.96. The van der Waals surface area contributed by atoms with Crippen molar-refractivity contribution in [3.05, 3.63) is 0 Å². The fraction of sp³-hybridized carbons (Fsp3) is 0.740. The number of carboxylic acids is 1. The van der Waals surface area contributed by atoms with Crippen molar-refractivity contribution in [1.82, 2.24) is 58.5 Å². The number of primary amides is 1. The molecule has 12 amide bonds. The summed E-state index contributed by atoms with van der Waals surface area (Å²) in [6, 6.07) is -8.54. The van der Waals surface area contributed by atoms with Crippen molar-refractivity contribution in [2.75, 3.05) is 32.7 Å². The van der Waals surface area contributed by atoms with E-state index >= 15 is 0 Å². The Labute approximate surface area is 451 Å². The first-order valence-electron chi connectivity index (χ1n) is 26.1. The molecule has 0 bridgehead atoms. The molecule has 0 heterocycles. The van der Waals surface area contributed by atoms with Gasteiger partial charge in [0.1, 0.15) is 42.3 Å². The predicted molar refractivity (Wildman–Crippen MR) is 283 cm³/mol. The lowest BCUT2D eigenvalue weighted by Gasteiger charge is -2.26. The summed E-state index contributed by atoms with van der Waals surface area (Å²) in [7, 11) is 0. The second-order valence-electron chi connectivity index (χ2n) is 21.6. The van der Waals surface area contributed by atoms with E-state index in [-0.39, 0.29) is 74.2 Å². The number of nitrogens with two attached hydrogens (primary N) is 2. The topological polar surface area (TPSA) is 427 Å². The van der Waals surface area contributed by atoms with E-state index in [4.69, 9.17) is 11.5 Å². The molecule has 27 heteroatoms. The van der Waals surface area contributed by atoms with Crippen LogP contribution in [0.15, 0.2) is 0 Å². The highest BCUT2D eigenvalue weighted by atomic mass is 16.4. The van der Waals surface area contributed by atoms with Gasteiger partial charge in [0.15, 0.2) is 0 Å². The minimum Gasteiger partial charge on any atom is -0.480 e. The van der Waals surface area contributed by atoms with Gasteiger partial charge in [-0.3, -0.25) is 57.5 Å². The Morgan fingerprint density at radius 2 is 0.584 bits per heavy atom. The average Bonchev–Trinajstić information content (AvgIpc) is 3.30. The normalized spacial score (nSPS) is 14.0. The van der Waals surface area contributed by atoms with Crippen LogP contribution in [-0.2, 0) is 62.3 Å². The first kappa shape index (κ1) is 70.1. The number of amides is 12. The second-order valence-corrected chi connectivity index (χ2v) is 21.6. The minimum atomic E-state index is -1.79. The lowest BCUT2D eigenvalue weighted by Crippen LogP contribution is -2.57. The Balaban J connectivity index is 5.63. The Kier molecular flexibility index (Phi) is 32.9. The van der Waals surface area contributed by atoms with Gasteiger partial charge in [0.05, 0.1) is 39.1 Å². The van der Waals surface area contributed by atoms with Gasteiger partial charge in [-0.2, -0.15) is 0 Å². The number of carboxylic acid groups (broad SMARTS) is 1. The van der Waals surface area contributed by atoms with E-state index in [2.05, 4.69) is 58.5 Å². The molecule has 7 atom stereocenters. The zero-order valence-electron chi connectivity index (χ0n) is 46.9. The third-order valence-corrected chi connectivity index (χ3v) is 11.1. The summed E-state index contributed by atoms with van der Waals surface area (Å²) in [5, 5.41) is 36.9. The SMILES string of the molecule is CC(C)C[C@H](NC(=O)CNC(=O)[C@H](CC(C)C)NC(=O)CNC(=O)CNC(=O)[C@H](CC(C)C)NC(=O)[C@H](CC(C)C)NC(=O)CNC(=O)C[C@H](NC(=O)[C@H](CC(C)C)NC(=O)[C@H](CC(C)C)NC(=O)CN)C(=O)O)C(N)=O. The highest BCUT2D eigenvalue weighted by Crippen LogP contribution is 2.12. The highest BCUT2D eigenvalue weighted by molar-refractivity contribution is 5.97. The van der Waals surface area contributed by atoms with Crippen molar-refractivity contribution in [3.8, 4) is 0 Å². The smallest absolute Gasteiger partial charge is 0.326 e. The fourth-order valence-corrected chi connectivity index (χ4v) is 7.50. The van der Waals surface area contributed by atoms with Crippen molar-refractivity contribution >= 4 is 76.9 Å². The third-order valence-electron chi connectivity index (χ3n) is 11.1. The molecule has 0 unspecified atom stereocenters. The molecule has 0 radical (unpaired) electrons. The Morgan fingerprint density at radius 3 is 0.922 bits per heavy atom. The molecule has 0 aliphatic heterocycles. The first-order valence-corrected chi connectivity index (χ1v) is 26.1. The number of hydrogen-bond acceptors (Lipinski definition) is 14. The molecular weight excluding hydrogens is 1010 g/mol. The number of carbonyl (C=O) groups is 13. The van der Waals surface area contributed by atoms with E-state index in [1.807, 2.05) is 27.7 Å². The lowest BCUT2D eigenvalue weighted by molar-refractivity contribution is -0.144. The zero-order valence-corrected chi connectivity index (χ0v) is 46.9. The largest absolute Gasteiger partial charge is 0.480 e. The van der Waals surface area contributed by atoms with Crippen LogP contribution in [0, 0.1) is 35.5 Å². The van der Waals surface area contributed by atoms with Crippen LogP contribution < -0.4 is 70.0 Å². The molecule has 0 fully saturated rings. The molecular formula is C50H89N13O14. The lowest BCUT2D eigenvalue weighted by atomic mass is 9.99. The number of carbonyl (C=O) groups excluding carboxylic acids is 12. The van der Waals surface area contributed by atoms with Crippen molar-refractivity contribution in [2.45, 2.75) is 170 Å². The van der Waals surface area contributed by atoms with E-state index < -0.39 is 152 Å². The molecule has 438 valence electrons. The van der Waals surface area contributed by atoms with Crippen LogP contribution in [0.1, 0.15) is 128 Å². The Hall–Kier alpha value is -6.93. The van der Waals surface area contributed by atoms with Crippen molar-refractivity contribution in [2.24, 2.45) is 47.0 Å². The molecule has 77 heavy (non-hydrogen) atoms. The standard InChI is InChI=1S/C50H89N13O14/c1-25(2)13-31(44(52)70)57-43(69)24-56-45(71)32(14-26(3)4)59-42(68)23-54-40(66)21-55-46(72)33(15-27(5)6)61-48(74)35(17-29(9)10)60-41(67)22-53-38(64)19-37(50(76)77)63-49(75)36(18-30(11)12)62-47(73)34(16-28(7)8)58-39(65)20-51/h25-37H,13-24,51H2,1-12H3,(H2,52,70)(H,53,64)(H,54,66)(H,55,72)(H,56,71)(H,57,69)(H,58,65)(H,59,68)(H,60,67)(H,61,74)(H,62,73)(H,63,75)(H,76,77)/t31-,32-,33-,34-,35-,36-,37-/m0/s1. The monoisotopic (exact) mass is 1100 g/mol. The highest BCUT2D eigenvalue weighted by Gasteiger charge is 2.33. The Morgan fingerprint density at radius 1 is 0.325 bits per heavy atom. The first-order chi connectivity index (χ1) is 35.7. The molecule has 0 saturated heterocycles. The summed E-state index contributed by atoms with van der Waals surface area (Å²) < 4.78 is 0. The molecule has 16 N–H and O–H groups in total. The van der Waals surface area contributed by atoms with Gasteiger partial charge in [-0.05, 0) is 74.0 Å². The number of aliphatic carboxylic acids is 1. The number of nitrogens with one attached hydrogen (secondary N) is 11. The van der Waals surface area contributed by atoms with Crippen LogP contribution in [0.2, 0.25) is 0 Å². The van der Waals surface area contributed by atoms with E-state index in [0.717, 1.165) is 0 Å². The van der Waals surface area contributed by atoms with Crippen molar-refractivity contribution in [3.63, 3.8) is 0 Å². The molecule has 0 rings (SSSR count).